The molecule has 1 aromatic heterocycles. The van der Waals surface area contributed by atoms with Crippen LogP contribution in [0.1, 0.15) is 6.92 Å². The van der Waals surface area contributed by atoms with Gasteiger partial charge >= 0.3 is 5.97 Å². The lowest BCUT2D eigenvalue weighted by molar-refractivity contribution is -0.140. The molecule has 0 aliphatic rings. The SMILES string of the molecule is CC(CSc1cccs1)C(=O)O. The Morgan fingerprint density at radius 1 is 1.83 bits per heavy atom. The molecule has 0 radical (unpaired) electrons. The van der Waals surface area contributed by atoms with Gasteiger partial charge in [-0.3, -0.25) is 4.79 Å². The zero-order valence-electron chi connectivity index (χ0n) is 6.69. The summed E-state index contributed by atoms with van der Waals surface area (Å²) in [5.74, 6) is -0.341. The van der Waals surface area contributed by atoms with Crippen molar-refractivity contribution < 1.29 is 9.90 Å². The standard InChI is InChI=1S/C8H10O2S2/c1-6(8(9)10)5-12-7-3-2-4-11-7/h2-4,6H,5H2,1H3,(H,9,10). The largest absolute Gasteiger partial charge is 0.481 e. The second-order valence-corrected chi connectivity index (χ2v) is 4.75. The summed E-state index contributed by atoms with van der Waals surface area (Å²) in [4.78, 5) is 10.4. The van der Waals surface area contributed by atoms with Gasteiger partial charge in [0.1, 0.15) is 0 Å². The minimum atomic E-state index is -0.723. The van der Waals surface area contributed by atoms with Crippen LogP contribution in [0.3, 0.4) is 0 Å². The smallest absolute Gasteiger partial charge is 0.307 e. The molecule has 1 heterocycles. The van der Waals surface area contributed by atoms with Crippen LogP contribution in [0.2, 0.25) is 0 Å². The second-order valence-electron chi connectivity index (χ2n) is 2.48. The van der Waals surface area contributed by atoms with Crippen molar-refractivity contribution in [2.75, 3.05) is 5.75 Å². The van der Waals surface area contributed by atoms with E-state index in [1.54, 1.807) is 30.0 Å². The Bertz CT molecular complexity index is 244. The first-order valence-electron chi connectivity index (χ1n) is 3.59. The van der Waals surface area contributed by atoms with Crippen LogP contribution < -0.4 is 0 Å². The molecular formula is C8H10O2S2. The van der Waals surface area contributed by atoms with Crippen molar-refractivity contribution in [2.24, 2.45) is 5.92 Å². The highest BCUT2D eigenvalue weighted by atomic mass is 32.2. The van der Waals surface area contributed by atoms with E-state index in [1.807, 2.05) is 17.5 Å². The quantitative estimate of drug-likeness (QED) is 0.762. The number of rotatable bonds is 4. The van der Waals surface area contributed by atoms with E-state index < -0.39 is 5.97 Å². The van der Waals surface area contributed by atoms with Gasteiger partial charge in [0.15, 0.2) is 0 Å². The molecule has 4 heteroatoms. The molecule has 1 unspecified atom stereocenters. The zero-order chi connectivity index (χ0) is 8.97. The molecule has 1 atom stereocenters. The van der Waals surface area contributed by atoms with Crippen molar-refractivity contribution in [2.45, 2.75) is 11.1 Å². The third kappa shape index (κ3) is 2.87. The van der Waals surface area contributed by atoms with Gasteiger partial charge in [-0.2, -0.15) is 0 Å². The van der Waals surface area contributed by atoms with Gasteiger partial charge in [0.25, 0.3) is 0 Å². The maximum absolute atomic E-state index is 10.4. The number of carboxylic acid groups (broad SMARTS) is 1. The van der Waals surface area contributed by atoms with Crippen LogP contribution in [0.4, 0.5) is 0 Å². The fourth-order valence-electron chi connectivity index (χ4n) is 0.624. The van der Waals surface area contributed by atoms with Gasteiger partial charge in [-0.15, -0.1) is 23.1 Å². The van der Waals surface area contributed by atoms with Gasteiger partial charge in [0.05, 0.1) is 10.1 Å². The Morgan fingerprint density at radius 3 is 3.08 bits per heavy atom. The fraction of sp³-hybridized carbons (Fsp3) is 0.375. The highest BCUT2D eigenvalue weighted by Gasteiger charge is 2.10. The third-order valence-corrected chi connectivity index (χ3v) is 3.78. The number of carbonyl (C=O) groups is 1. The monoisotopic (exact) mass is 202 g/mol. The topological polar surface area (TPSA) is 37.3 Å². The molecule has 0 amide bonds. The average molecular weight is 202 g/mol. The van der Waals surface area contributed by atoms with Crippen LogP contribution in [0.25, 0.3) is 0 Å². The molecule has 1 rings (SSSR count). The van der Waals surface area contributed by atoms with Gasteiger partial charge in [-0.05, 0) is 11.4 Å². The van der Waals surface area contributed by atoms with Crippen molar-refractivity contribution in [3.05, 3.63) is 17.5 Å². The average Bonchev–Trinajstić information content (AvgIpc) is 2.51. The van der Waals surface area contributed by atoms with Gasteiger partial charge in [0, 0.05) is 5.75 Å². The van der Waals surface area contributed by atoms with E-state index in [2.05, 4.69) is 0 Å². The molecule has 0 bridgehead atoms. The summed E-state index contributed by atoms with van der Waals surface area (Å²) in [6, 6.07) is 3.97. The third-order valence-electron chi connectivity index (χ3n) is 1.39. The fourth-order valence-corrected chi connectivity index (χ4v) is 2.45. The van der Waals surface area contributed by atoms with Crippen LogP contribution in [0.15, 0.2) is 21.7 Å². The number of hydrogen-bond acceptors (Lipinski definition) is 3. The normalized spacial score (nSPS) is 12.8. The Kier molecular flexibility index (Phi) is 3.62. The second kappa shape index (κ2) is 4.52. The summed E-state index contributed by atoms with van der Waals surface area (Å²) in [7, 11) is 0. The first kappa shape index (κ1) is 9.61. The molecule has 0 fully saturated rings. The van der Waals surface area contributed by atoms with Crippen molar-refractivity contribution >= 4 is 29.1 Å². The van der Waals surface area contributed by atoms with Gasteiger partial charge in [0.2, 0.25) is 0 Å². The van der Waals surface area contributed by atoms with E-state index in [1.165, 1.54) is 4.21 Å². The molecule has 0 aliphatic heterocycles. The summed E-state index contributed by atoms with van der Waals surface area (Å²) in [6.45, 7) is 1.73. The molecule has 1 aromatic rings. The minimum Gasteiger partial charge on any atom is -0.481 e. The Hall–Kier alpha value is -0.480. The summed E-state index contributed by atoms with van der Waals surface area (Å²) in [5, 5.41) is 10.6. The number of aliphatic carboxylic acids is 1. The lowest BCUT2D eigenvalue weighted by Gasteiger charge is -2.02. The molecule has 0 saturated carbocycles. The molecule has 12 heavy (non-hydrogen) atoms. The molecule has 0 spiro atoms. The Labute approximate surface area is 79.6 Å². The molecule has 0 saturated heterocycles. The van der Waals surface area contributed by atoms with Crippen LogP contribution in [0.5, 0.6) is 0 Å². The summed E-state index contributed by atoms with van der Waals surface area (Å²) in [6.07, 6.45) is 0. The van der Waals surface area contributed by atoms with Crippen LogP contribution in [0, 0.1) is 5.92 Å². The van der Waals surface area contributed by atoms with Crippen LogP contribution >= 0.6 is 23.1 Å². The molecule has 1 N–H and O–H groups in total. The summed E-state index contributed by atoms with van der Waals surface area (Å²) in [5.41, 5.74) is 0. The molecular weight excluding hydrogens is 192 g/mol. The predicted molar refractivity (Wildman–Crippen MR) is 51.8 cm³/mol. The van der Waals surface area contributed by atoms with Gasteiger partial charge in [-0.1, -0.05) is 13.0 Å². The summed E-state index contributed by atoms with van der Waals surface area (Å²) < 4.78 is 1.18. The molecule has 66 valence electrons. The molecule has 0 aliphatic carbocycles. The van der Waals surface area contributed by atoms with Crippen molar-refractivity contribution in [3.63, 3.8) is 0 Å². The van der Waals surface area contributed by atoms with Crippen LogP contribution in [-0.2, 0) is 4.79 Å². The van der Waals surface area contributed by atoms with E-state index >= 15 is 0 Å². The highest BCUT2D eigenvalue weighted by molar-refractivity contribution is 8.01. The Balaban J connectivity index is 2.31. The van der Waals surface area contributed by atoms with E-state index in [9.17, 15) is 4.79 Å². The van der Waals surface area contributed by atoms with Gasteiger partial charge < -0.3 is 5.11 Å². The molecule has 0 aromatic carbocycles. The van der Waals surface area contributed by atoms with Crippen molar-refractivity contribution in [1.29, 1.82) is 0 Å². The maximum Gasteiger partial charge on any atom is 0.307 e. The van der Waals surface area contributed by atoms with E-state index in [0.29, 0.717) is 5.75 Å². The number of thioether (sulfide) groups is 1. The predicted octanol–water partition coefficient (Wildman–Crippen LogP) is 2.56. The van der Waals surface area contributed by atoms with Crippen molar-refractivity contribution in [1.82, 2.24) is 0 Å². The highest BCUT2D eigenvalue weighted by Crippen LogP contribution is 2.25. The Morgan fingerprint density at radius 2 is 2.58 bits per heavy atom. The number of thiophene rings is 1. The van der Waals surface area contributed by atoms with Crippen molar-refractivity contribution in [3.8, 4) is 0 Å². The first-order valence-corrected chi connectivity index (χ1v) is 5.46. The van der Waals surface area contributed by atoms with Gasteiger partial charge in [-0.25, -0.2) is 0 Å². The van der Waals surface area contributed by atoms with Crippen LogP contribution in [-0.4, -0.2) is 16.8 Å². The lowest BCUT2D eigenvalue weighted by Crippen LogP contribution is -2.11. The number of carboxylic acids is 1. The van der Waals surface area contributed by atoms with E-state index in [0.717, 1.165) is 0 Å². The maximum atomic E-state index is 10.4. The molecule has 2 nitrogen and oxygen atoms in total. The zero-order valence-corrected chi connectivity index (χ0v) is 8.32. The lowest BCUT2D eigenvalue weighted by atomic mass is 10.2. The minimum absolute atomic E-state index is 0.267. The first-order chi connectivity index (χ1) is 5.70. The number of hydrogen-bond donors (Lipinski definition) is 1. The summed E-state index contributed by atoms with van der Waals surface area (Å²) >= 11 is 3.25. The van der Waals surface area contributed by atoms with E-state index in [4.69, 9.17) is 5.11 Å². The van der Waals surface area contributed by atoms with E-state index in [-0.39, 0.29) is 5.92 Å².